The number of benzene rings is 1. The number of oxazole rings is 1. The number of hydrogen-bond donors (Lipinski definition) is 2. The van der Waals surface area contributed by atoms with Gasteiger partial charge in [0.05, 0.1) is 25.4 Å². The van der Waals surface area contributed by atoms with E-state index in [1.807, 2.05) is 6.92 Å². The zero-order chi connectivity index (χ0) is 13.8. The number of carbonyl (C=O) groups is 1. The van der Waals surface area contributed by atoms with E-state index in [9.17, 15) is 4.79 Å². The van der Waals surface area contributed by atoms with Gasteiger partial charge < -0.3 is 20.2 Å². The average molecular weight is 261 g/mol. The van der Waals surface area contributed by atoms with Crippen LogP contribution in [0.5, 0.6) is 0 Å². The van der Waals surface area contributed by atoms with Crippen LogP contribution in [0.1, 0.15) is 22.0 Å². The number of ether oxygens (including phenoxy) is 1. The molecule has 1 aromatic heterocycles. The van der Waals surface area contributed by atoms with Gasteiger partial charge in [0.1, 0.15) is 5.76 Å². The summed E-state index contributed by atoms with van der Waals surface area (Å²) in [6.07, 6.45) is 1.64. The molecule has 0 aliphatic carbocycles. The molecule has 1 aromatic carbocycles. The smallest absolute Gasteiger partial charge is 0.340 e. The second-order valence-corrected chi connectivity index (χ2v) is 4.01. The highest BCUT2D eigenvalue weighted by molar-refractivity contribution is 5.96. The van der Waals surface area contributed by atoms with Gasteiger partial charge in [-0.05, 0) is 25.1 Å². The van der Waals surface area contributed by atoms with Crippen molar-refractivity contribution < 1.29 is 13.9 Å². The van der Waals surface area contributed by atoms with Crippen molar-refractivity contribution in [2.24, 2.45) is 0 Å². The summed E-state index contributed by atoms with van der Waals surface area (Å²) < 4.78 is 10.1. The number of rotatable bonds is 4. The molecule has 0 atom stereocenters. The van der Waals surface area contributed by atoms with Crippen LogP contribution in [-0.4, -0.2) is 18.1 Å². The summed E-state index contributed by atoms with van der Waals surface area (Å²) in [4.78, 5) is 15.7. The van der Waals surface area contributed by atoms with E-state index >= 15 is 0 Å². The van der Waals surface area contributed by atoms with Crippen LogP contribution in [-0.2, 0) is 11.3 Å². The van der Waals surface area contributed by atoms with Crippen LogP contribution in [0.2, 0.25) is 0 Å². The highest BCUT2D eigenvalue weighted by Crippen LogP contribution is 2.20. The lowest BCUT2D eigenvalue weighted by atomic mass is 10.1. The fourth-order valence-electron chi connectivity index (χ4n) is 1.65. The van der Waals surface area contributed by atoms with Gasteiger partial charge in [-0.25, -0.2) is 9.78 Å². The first-order valence-electron chi connectivity index (χ1n) is 5.73. The zero-order valence-corrected chi connectivity index (χ0v) is 10.8. The Balaban J connectivity index is 2.17. The normalized spacial score (nSPS) is 10.2. The number of nitrogen functional groups attached to an aromatic ring is 1. The molecular weight excluding hydrogens is 246 g/mol. The minimum Gasteiger partial charge on any atom is -0.465 e. The van der Waals surface area contributed by atoms with E-state index in [2.05, 4.69) is 10.3 Å². The maximum absolute atomic E-state index is 11.6. The average Bonchev–Trinajstić information content (AvgIpc) is 2.82. The van der Waals surface area contributed by atoms with Crippen molar-refractivity contribution in [1.82, 2.24) is 4.98 Å². The molecule has 0 bridgehead atoms. The molecule has 100 valence electrons. The van der Waals surface area contributed by atoms with Gasteiger partial charge in [0, 0.05) is 11.4 Å². The second-order valence-electron chi connectivity index (χ2n) is 4.01. The van der Waals surface area contributed by atoms with Crippen molar-refractivity contribution in [2.45, 2.75) is 13.5 Å². The standard InChI is InChI=1S/C13H15N3O3/c1-8-6-16-12(19-8)7-15-11-4-3-9(14)5-10(11)13(17)18-2/h3-6,15H,7,14H2,1-2H3. The van der Waals surface area contributed by atoms with E-state index in [0.717, 1.165) is 5.76 Å². The van der Waals surface area contributed by atoms with Crippen LogP contribution in [0.4, 0.5) is 11.4 Å². The lowest BCUT2D eigenvalue weighted by molar-refractivity contribution is 0.0602. The van der Waals surface area contributed by atoms with E-state index in [1.165, 1.54) is 7.11 Å². The number of nitrogens with one attached hydrogen (secondary N) is 1. The zero-order valence-electron chi connectivity index (χ0n) is 10.8. The number of methoxy groups -OCH3 is 1. The van der Waals surface area contributed by atoms with Gasteiger partial charge >= 0.3 is 5.97 Å². The van der Waals surface area contributed by atoms with Crippen LogP contribution in [0, 0.1) is 6.92 Å². The van der Waals surface area contributed by atoms with Crippen molar-refractivity contribution in [3.8, 4) is 0 Å². The van der Waals surface area contributed by atoms with Crippen LogP contribution in [0.3, 0.4) is 0 Å². The predicted octanol–water partition coefficient (Wildman–Crippen LogP) is 1.96. The van der Waals surface area contributed by atoms with Crippen molar-refractivity contribution in [2.75, 3.05) is 18.2 Å². The number of aromatic nitrogens is 1. The minimum absolute atomic E-state index is 0.377. The van der Waals surface area contributed by atoms with E-state index in [0.29, 0.717) is 29.4 Å². The van der Waals surface area contributed by atoms with Gasteiger partial charge in [-0.3, -0.25) is 0 Å². The number of hydrogen-bond acceptors (Lipinski definition) is 6. The van der Waals surface area contributed by atoms with Crippen molar-refractivity contribution in [3.63, 3.8) is 0 Å². The molecule has 0 aliphatic heterocycles. The Kier molecular flexibility index (Phi) is 3.70. The molecule has 2 aromatic rings. The van der Waals surface area contributed by atoms with Gasteiger partial charge in [0.15, 0.2) is 0 Å². The van der Waals surface area contributed by atoms with Crippen molar-refractivity contribution in [1.29, 1.82) is 0 Å². The first-order valence-corrected chi connectivity index (χ1v) is 5.73. The summed E-state index contributed by atoms with van der Waals surface area (Å²) in [5, 5.41) is 3.07. The molecule has 3 N–H and O–H groups in total. The van der Waals surface area contributed by atoms with Gasteiger partial charge in [-0.2, -0.15) is 0 Å². The van der Waals surface area contributed by atoms with Gasteiger partial charge in [-0.15, -0.1) is 0 Å². The Bertz CT molecular complexity index is 593. The highest BCUT2D eigenvalue weighted by atomic mass is 16.5. The van der Waals surface area contributed by atoms with E-state index in [4.69, 9.17) is 14.9 Å². The summed E-state index contributed by atoms with van der Waals surface area (Å²) in [5.41, 5.74) is 7.16. The van der Waals surface area contributed by atoms with Gasteiger partial charge in [0.25, 0.3) is 0 Å². The summed E-state index contributed by atoms with van der Waals surface area (Å²) in [6.45, 7) is 2.20. The fourth-order valence-corrected chi connectivity index (χ4v) is 1.65. The molecule has 6 nitrogen and oxygen atoms in total. The quantitative estimate of drug-likeness (QED) is 0.646. The molecule has 1 heterocycles. The molecule has 0 saturated carbocycles. The number of nitrogens with two attached hydrogens (primary N) is 1. The molecule has 0 unspecified atom stereocenters. The number of nitrogens with zero attached hydrogens (tertiary/aromatic N) is 1. The summed E-state index contributed by atoms with van der Waals surface area (Å²) in [6, 6.07) is 4.99. The monoisotopic (exact) mass is 261 g/mol. The molecule has 19 heavy (non-hydrogen) atoms. The maximum atomic E-state index is 11.6. The van der Waals surface area contributed by atoms with Crippen LogP contribution in [0.15, 0.2) is 28.8 Å². The third-order valence-electron chi connectivity index (χ3n) is 2.55. The third kappa shape index (κ3) is 3.04. The SMILES string of the molecule is COC(=O)c1cc(N)ccc1NCc1ncc(C)o1. The molecule has 0 spiro atoms. The molecule has 0 aliphatic rings. The van der Waals surface area contributed by atoms with Gasteiger partial charge in [0.2, 0.25) is 5.89 Å². The number of carbonyl (C=O) groups excluding carboxylic acids is 1. The summed E-state index contributed by atoms with van der Waals surface area (Å²) in [5.74, 6) is 0.839. The van der Waals surface area contributed by atoms with E-state index in [-0.39, 0.29) is 0 Å². The molecule has 6 heteroatoms. The predicted molar refractivity (Wildman–Crippen MR) is 70.8 cm³/mol. The molecule has 0 fully saturated rings. The summed E-state index contributed by atoms with van der Waals surface area (Å²) in [7, 11) is 1.33. The van der Waals surface area contributed by atoms with Crippen LogP contribution in [0.25, 0.3) is 0 Å². The van der Waals surface area contributed by atoms with Crippen LogP contribution >= 0.6 is 0 Å². The highest BCUT2D eigenvalue weighted by Gasteiger charge is 2.12. The minimum atomic E-state index is -0.446. The molecule has 2 rings (SSSR count). The molecule has 0 saturated heterocycles. The molecule has 0 amide bonds. The largest absolute Gasteiger partial charge is 0.465 e. The number of esters is 1. The maximum Gasteiger partial charge on any atom is 0.340 e. The van der Waals surface area contributed by atoms with E-state index < -0.39 is 5.97 Å². The fraction of sp³-hybridized carbons (Fsp3) is 0.231. The molecule has 0 radical (unpaired) electrons. The number of anilines is 2. The molecular formula is C13H15N3O3. The number of aryl methyl sites for hydroxylation is 1. The first-order chi connectivity index (χ1) is 9.10. The topological polar surface area (TPSA) is 90.4 Å². The lowest BCUT2D eigenvalue weighted by Gasteiger charge is -2.10. The summed E-state index contributed by atoms with van der Waals surface area (Å²) >= 11 is 0. The first kappa shape index (κ1) is 12.9. The Hall–Kier alpha value is -2.50. The Morgan fingerprint density at radius 1 is 1.53 bits per heavy atom. The Morgan fingerprint density at radius 2 is 2.32 bits per heavy atom. The lowest BCUT2D eigenvalue weighted by Crippen LogP contribution is -2.09. The third-order valence-corrected chi connectivity index (χ3v) is 2.55. The van der Waals surface area contributed by atoms with Crippen molar-refractivity contribution in [3.05, 3.63) is 41.6 Å². The van der Waals surface area contributed by atoms with Gasteiger partial charge in [-0.1, -0.05) is 0 Å². The second kappa shape index (κ2) is 5.43. The Morgan fingerprint density at radius 3 is 2.95 bits per heavy atom. The Labute approximate surface area is 110 Å². The van der Waals surface area contributed by atoms with Crippen LogP contribution < -0.4 is 11.1 Å². The van der Waals surface area contributed by atoms with E-state index in [1.54, 1.807) is 24.4 Å². The van der Waals surface area contributed by atoms with Crippen molar-refractivity contribution >= 4 is 17.3 Å².